The summed E-state index contributed by atoms with van der Waals surface area (Å²) in [5.74, 6) is 0.304. The summed E-state index contributed by atoms with van der Waals surface area (Å²) in [6.07, 6.45) is 5.10. The predicted octanol–water partition coefficient (Wildman–Crippen LogP) is 2.00. The van der Waals surface area contributed by atoms with Crippen LogP contribution in [0.1, 0.15) is 24.2 Å². The largest absolute Gasteiger partial charge is 0.384 e. The van der Waals surface area contributed by atoms with Crippen molar-refractivity contribution in [2.75, 3.05) is 23.7 Å². The summed E-state index contributed by atoms with van der Waals surface area (Å²) in [6.45, 7) is 6.01. The van der Waals surface area contributed by atoms with Crippen LogP contribution in [0, 0.1) is 0 Å². The topological polar surface area (TPSA) is 64.2 Å². The first-order valence-electron chi connectivity index (χ1n) is 6.34. The Labute approximate surface area is 112 Å². The predicted molar refractivity (Wildman–Crippen MR) is 76.4 cm³/mol. The van der Waals surface area contributed by atoms with E-state index in [2.05, 4.69) is 23.7 Å². The number of hydrogen-bond acceptors (Lipinski definition) is 4. The zero-order valence-electron chi connectivity index (χ0n) is 11.2. The zero-order valence-corrected chi connectivity index (χ0v) is 11.2. The smallest absolute Gasteiger partial charge is 0.263 e. The van der Waals surface area contributed by atoms with Crippen molar-refractivity contribution in [3.05, 3.63) is 42.4 Å². The number of aromatic nitrogens is 2. The zero-order chi connectivity index (χ0) is 13.8. The Hall–Kier alpha value is -2.30. The van der Waals surface area contributed by atoms with Crippen molar-refractivity contribution >= 4 is 17.4 Å². The Morgan fingerprint density at radius 3 is 2.63 bits per heavy atom. The lowest BCUT2D eigenvalue weighted by atomic mass is 10.2. The van der Waals surface area contributed by atoms with Crippen LogP contribution in [0.4, 0.5) is 11.5 Å². The molecule has 0 aromatic carbocycles. The summed E-state index contributed by atoms with van der Waals surface area (Å²) in [5, 5.41) is 0. The van der Waals surface area contributed by atoms with Gasteiger partial charge in [0.1, 0.15) is 5.82 Å². The molecule has 0 saturated carbocycles. The van der Waals surface area contributed by atoms with Crippen LogP contribution in [0.25, 0.3) is 0 Å². The molecule has 0 aliphatic heterocycles. The molecule has 0 unspecified atom stereocenters. The first kappa shape index (κ1) is 13.1. The van der Waals surface area contributed by atoms with Gasteiger partial charge in [0.15, 0.2) is 0 Å². The maximum absolute atomic E-state index is 12.2. The number of nitrogen functional groups attached to an aromatic ring is 1. The fraction of sp³-hybridized carbons (Fsp3) is 0.286. The fourth-order valence-corrected chi connectivity index (χ4v) is 1.97. The molecule has 0 amide bonds. The normalized spacial score (nSPS) is 10.4. The van der Waals surface area contributed by atoms with Crippen LogP contribution in [0.15, 0.2) is 36.8 Å². The maximum atomic E-state index is 12.2. The van der Waals surface area contributed by atoms with Gasteiger partial charge in [-0.15, -0.1) is 0 Å². The van der Waals surface area contributed by atoms with E-state index in [0.29, 0.717) is 11.4 Å². The van der Waals surface area contributed by atoms with Gasteiger partial charge >= 0.3 is 0 Å². The number of carbonyl (C=O) groups excluding carboxylic acids is 1. The van der Waals surface area contributed by atoms with E-state index in [1.807, 2.05) is 12.3 Å². The third kappa shape index (κ3) is 2.76. The highest BCUT2D eigenvalue weighted by molar-refractivity contribution is 5.96. The summed E-state index contributed by atoms with van der Waals surface area (Å²) in [4.78, 5) is 18.4. The summed E-state index contributed by atoms with van der Waals surface area (Å²) in [6, 6.07) is 5.25. The van der Waals surface area contributed by atoms with Gasteiger partial charge in [0.05, 0.1) is 11.3 Å². The van der Waals surface area contributed by atoms with E-state index in [4.69, 9.17) is 5.73 Å². The SMILES string of the molecule is CCN(CC)c1ccn(C(=O)c2ccc(N)nc2)c1. The Morgan fingerprint density at radius 2 is 2.05 bits per heavy atom. The van der Waals surface area contributed by atoms with Crippen LogP contribution in [0.3, 0.4) is 0 Å². The van der Waals surface area contributed by atoms with Crippen molar-refractivity contribution in [1.82, 2.24) is 9.55 Å². The van der Waals surface area contributed by atoms with E-state index < -0.39 is 0 Å². The molecule has 0 aliphatic rings. The summed E-state index contributed by atoms with van der Waals surface area (Å²) < 4.78 is 1.57. The minimum Gasteiger partial charge on any atom is -0.384 e. The Balaban J connectivity index is 2.23. The van der Waals surface area contributed by atoms with E-state index >= 15 is 0 Å². The Kier molecular flexibility index (Phi) is 3.85. The lowest BCUT2D eigenvalue weighted by Crippen LogP contribution is -2.21. The van der Waals surface area contributed by atoms with Crippen LogP contribution in [-0.2, 0) is 0 Å². The number of anilines is 2. The molecule has 0 radical (unpaired) electrons. The van der Waals surface area contributed by atoms with Crippen molar-refractivity contribution in [3.8, 4) is 0 Å². The van der Waals surface area contributed by atoms with Gasteiger partial charge in [-0.2, -0.15) is 0 Å². The van der Waals surface area contributed by atoms with Gasteiger partial charge in [0.25, 0.3) is 5.91 Å². The lowest BCUT2D eigenvalue weighted by Gasteiger charge is -2.18. The molecule has 5 nitrogen and oxygen atoms in total. The van der Waals surface area contributed by atoms with Gasteiger partial charge < -0.3 is 10.6 Å². The molecule has 2 rings (SSSR count). The molecular weight excluding hydrogens is 240 g/mol. The van der Waals surface area contributed by atoms with Crippen LogP contribution in [0.2, 0.25) is 0 Å². The van der Waals surface area contributed by atoms with Gasteiger partial charge in [-0.1, -0.05) is 0 Å². The van der Waals surface area contributed by atoms with E-state index in [1.165, 1.54) is 6.20 Å². The number of rotatable bonds is 4. The monoisotopic (exact) mass is 258 g/mol. The van der Waals surface area contributed by atoms with Crippen LogP contribution < -0.4 is 10.6 Å². The van der Waals surface area contributed by atoms with Crippen LogP contribution in [-0.4, -0.2) is 28.5 Å². The molecule has 19 heavy (non-hydrogen) atoms. The van der Waals surface area contributed by atoms with E-state index in [-0.39, 0.29) is 5.91 Å². The highest BCUT2D eigenvalue weighted by Crippen LogP contribution is 2.15. The average molecular weight is 258 g/mol. The van der Waals surface area contributed by atoms with Crippen molar-refractivity contribution in [2.45, 2.75) is 13.8 Å². The summed E-state index contributed by atoms with van der Waals surface area (Å²) >= 11 is 0. The molecule has 2 N–H and O–H groups in total. The van der Waals surface area contributed by atoms with Crippen molar-refractivity contribution in [1.29, 1.82) is 0 Å². The second-order valence-electron chi connectivity index (χ2n) is 4.23. The third-order valence-corrected chi connectivity index (χ3v) is 3.07. The van der Waals surface area contributed by atoms with Crippen LogP contribution in [0.5, 0.6) is 0 Å². The summed E-state index contributed by atoms with van der Waals surface area (Å²) in [7, 11) is 0. The average Bonchev–Trinajstić information content (AvgIpc) is 2.90. The molecule has 0 bridgehead atoms. The minimum atomic E-state index is -0.106. The number of carbonyl (C=O) groups is 1. The number of pyridine rings is 1. The number of nitrogens with zero attached hydrogens (tertiary/aromatic N) is 3. The van der Waals surface area contributed by atoms with E-state index in [0.717, 1.165) is 18.8 Å². The third-order valence-electron chi connectivity index (χ3n) is 3.07. The number of nitrogens with two attached hydrogens (primary N) is 1. The maximum Gasteiger partial charge on any atom is 0.263 e. The van der Waals surface area contributed by atoms with E-state index in [1.54, 1.807) is 22.9 Å². The lowest BCUT2D eigenvalue weighted by molar-refractivity contribution is 0.0960. The Bertz CT molecular complexity index is 555. The first-order chi connectivity index (χ1) is 9.15. The summed E-state index contributed by atoms with van der Waals surface area (Å²) in [5.41, 5.74) is 7.08. The van der Waals surface area contributed by atoms with Gasteiger partial charge in [-0.25, -0.2) is 4.98 Å². The molecule has 2 aromatic heterocycles. The van der Waals surface area contributed by atoms with E-state index in [9.17, 15) is 4.79 Å². The highest BCUT2D eigenvalue weighted by atomic mass is 16.2. The minimum absolute atomic E-state index is 0.106. The fourth-order valence-electron chi connectivity index (χ4n) is 1.97. The quantitative estimate of drug-likeness (QED) is 0.911. The Morgan fingerprint density at radius 1 is 1.32 bits per heavy atom. The molecule has 2 aromatic rings. The molecule has 0 atom stereocenters. The molecule has 0 fully saturated rings. The molecule has 0 aliphatic carbocycles. The molecule has 100 valence electrons. The molecule has 0 spiro atoms. The molecule has 2 heterocycles. The van der Waals surface area contributed by atoms with Crippen molar-refractivity contribution < 1.29 is 4.79 Å². The van der Waals surface area contributed by atoms with Gasteiger partial charge in [0, 0.05) is 31.7 Å². The van der Waals surface area contributed by atoms with Crippen molar-refractivity contribution in [3.63, 3.8) is 0 Å². The molecule has 0 saturated heterocycles. The van der Waals surface area contributed by atoms with Gasteiger partial charge in [-0.3, -0.25) is 9.36 Å². The van der Waals surface area contributed by atoms with Crippen molar-refractivity contribution in [2.24, 2.45) is 0 Å². The van der Waals surface area contributed by atoms with Crippen LogP contribution >= 0.6 is 0 Å². The standard InChI is InChI=1S/C14H18N4O/c1-3-17(4-2)12-7-8-18(10-12)14(19)11-5-6-13(15)16-9-11/h5-10H,3-4H2,1-2H3,(H2,15,16). The molecule has 5 heteroatoms. The van der Waals surface area contributed by atoms with Gasteiger partial charge in [-0.05, 0) is 32.0 Å². The number of hydrogen-bond donors (Lipinski definition) is 1. The highest BCUT2D eigenvalue weighted by Gasteiger charge is 2.11. The second-order valence-corrected chi connectivity index (χ2v) is 4.23. The second kappa shape index (κ2) is 5.56. The first-order valence-corrected chi connectivity index (χ1v) is 6.34. The molecular formula is C14H18N4O. The van der Waals surface area contributed by atoms with Gasteiger partial charge in [0.2, 0.25) is 0 Å².